The van der Waals surface area contributed by atoms with Gasteiger partial charge in [0.05, 0.1) is 10.9 Å². The molecule has 0 spiro atoms. The maximum Gasteiger partial charge on any atom is 0.315 e. The van der Waals surface area contributed by atoms with Gasteiger partial charge in [0.2, 0.25) is 0 Å². The largest absolute Gasteiger partial charge is 0.481 e. The van der Waals surface area contributed by atoms with E-state index in [1.165, 1.54) is 11.3 Å². The summed E-state index contributed by atoms with van der Waals surface area (Å²) in [6, 6.07) is 12.8. The molecule has 24 heavy (non-hydrogen) atoms. The van der Waals surface area contributed by atoms with E-state index < -0.39 is 5.97 Å². The summed E-state index contributed by atoms with van der Waals surface area (Å²) in [5, 5.41) is 14.5. The van der Waals surface area contributed by atoms with Gasteiger partial charge in [0.25, 0.3) is 0 Å². The Bertz CT molecular complexity index is 675. The van der Waals surface area contributed by atoms with Crippen LogP contribution in [0.5, 0.6) is 0 Å². The Kier molecular flexibility index (Phi) is 7.08. The lowest BCUT2D eigenvalue weighted by Crippen LogP contribution is -2.43. The van der Waals surface area contributed by atoms with Gasteiger partial charge in [-0.05, 0) is 30.5 Å². The molecule has 2 rings (SSSR count). The van der Waals surface area contributed by atoms with E-state index in [1.807, 2.05) is 36.4 Å². The van der Waals surface area contributed by atoms with Gasteiger partial charge in [0.1, 0.15) is 0 Å². The van der Waals surface area contributed by atoms with E-state index >= 15 is 0 Å². The van der Waals surface area contributed by atoms with Crippen molar-refractivity contribution in [2.45, 2.75) is 31.8 Å². The molecule has 128 valence electrons. The Balaban J connectivity index is 1.88. The van der Waals surface area contributed by atoms with Crippen molar-refractivity contribution in [1.82, 2.24) is 10.6 Å². The van der Waals surface area contributed by atoms with Crippen LogP contribution in [0.4, 0.5) is 4.79 Å². The Morgan fingerprint density at radius 2 is 1.92 bits per heavy atom. The first-order valence-electron chi connectivity index (χ1n) is 7.57. The number of hydrogen-bond acceptors (Lipinski definition) is 3. The van der Waals surface area contributed by atoms with E-state index in [0.717, 1.165) is 10.4 Å². The minimum Gasteiger partial charge on any atom is -0.481 e. The predicted octanol–water partition coefficient (Wildman–Crippen LogP) is 3.68. The molecule has 0 saturated carbocycles. The molecule has 1 unspecified atom stereocenters. The van der Waals surface area contributed by atoms with E-state index in [-0.39, 0.29) is 18.5 Å². The Morgan fingerprint density at radius 3 is 2.54 bits per heavy atom. The van der Waals surface area contributed by atoms with Gasteiger partial charge in [0.15, 0.2) is 0 Å². The zero-order valence-corrected chi connectivity index (χ0v) is 14.6. The third-order valence-electron chi connectivity index (χ3n) is 3.42. The van der Waals surface area contributed by atoms with E-state index in [4.69, 9.17) is 16.7 Å². The quantitative estimate of drug-likeness (QED) is 0.666. The number of nitrogens with one attached hydrogen (secondary N) is 2. The van der Waals surface area contributed by atoms with Crippen LogP contribution in [-0.2, 0) is 17.8 Å². The zero-order valence-electron chi connectivity index (χ0n) is 13.0. The van der Waals surface area contributed by atoms with Gasteiger partial charge in [-0.1, -0.05) is 41.9 Å². The number of aliphatic carboxylic acids is 1. The topological polar surface area (TPSA) is 78.4 Å². The molecule has 1 atom stereocenters. The van der Waals surface area contributed by atoms with Crippen LogP contribution >= 0.6 is 22.9 Å². The smallest absolute Gasteiger partial charge is 0.315 e. The molecule has 0 aliphatic heterocycles. The highest BCUT2D eigenvalue weighted by atomic mass is 35.5. The van der Waals surface area contributed by atoms with Crippen molar-refractivity contribution in [2.24, 2.45) is 0 Å². The van der Waals surface area contributed by atoms with Crippen LogP contribution in [0, 0.1) is 0 Å². The molecule has 1 aromatic heterocycles. The molecule has 0 aliphatic carbocycles. The zero-order chi connectivity index (χ0) is 17.4. The molecule has 0 saturated heterocycles. The number of urea groups is 1. The summed E-state index contributed by atoms with van der Waals surface area (Å²) >= 11 is 7.27. The number of thiophene rings is 1. The molecule has 2 amide bonds. The minimum absolute atomic E-state index is 0.0122. The van der Waals surface area contributed by atoms with E-state index in [1.54, 1.807) is 6.07 Å². The molecule has 5 nitrogen and oxygen atoms in total. The molecule has 1 heterocycles. The standard InChI is InChI=1S/C17H19ClN2O3S/c18-15-8-7-14(24-15)11-19-17(23)20-13(6-9-16(21)22)10-12-4-2-1-3-5-12/h1-5,7-8,13H,6,9-11H2,(H,21,22)(H2,19,20,23). The molecular formula is C17H19ClN2O3S. The Hall–Kier alpha value is -2.05. The SMILES string of the molecule is O=C(O)CCC(Cc1ccccc1)NC(=O)NCc1ccc(Cl)s1. The first kappa shape index (κ1) is 18.3. The van der Waals surface area contributed by atoms with Crippen LogP contribution in [0.3, 0.4) is 0 Å². The second kappa shape index (κ2) is 9.30. The van der Waals surface area contributed by atoms with E-state index in [9.17, 15) is 9.59 Å². The van der Waals surface area contributed by atoms with Crippen LogP contribution in [0.2, 0.25) is 4.34 Å². The minimum atomic E-state index is -0.872. The van der Waals surface area contributed by atoms with Crippen molar-refractivity contribution in [3.8, 4) is 0 Å². The number of benzene rings is 1. The molecule has 0 fully saturated rings. The summed E-state index contributed by atoms with van der Waals surface area (Å²) in [6.07, 6.45) is 0.979. The van der Waals surface area contributed by atoms with Gasteiger partial charge in [-0.2, -0.15) is 0 Å². The summed E-state index contributed by atoms with van der Waals surface area (Å²) in [4.78, 5) is 23.8. The fraction of sp³-hybridized carbons (Fsp3) is 0.294. The third kappa shape index (κ3) is 6.60. The van der Waals surface area contributed by atoms with Crippen LogP contribution in [0.25, 0.3) is 0 Å². The number of carbonyl (C=O) groups is 2. The van der Waals surface area contributed by atoms with Gasteiger partial charge in [-0.25, -0.2) is 4.79 Å². The molecule has 2 aromatic rings. The average molecular weight is 367 g/mol. The first-order chi connectivity index (χ1) is 11.5. The Labute approximate surface area is 149 Å². The van der Waals surface area contributed by atoms with Gasteiger partial charge in [0, 0.05) is 17.3 Å². The molecule has 7 heteroatoms. The first-order valence-corrected chi connectivity index (χ1v) is 8.76. The summed E-state index contributed by atoms with van der Waals surface area (Å²) in [5.74, 6) is -0.872. The Morgan fingerprint density at radius 1 is 1.17 bits per heavy atom. The number of carbonyl (C=O) groups excluding carboxylic acids is 1. The fourth-order valence-electron chi connectivity index (χ4n) is 2.27. The molecule has 3 N–H and O–H groups in total. The number of halogens is 1. The van der Waals surface area contributed by atoms with Crippen LogP contribution in [-0.4, -0.2) is 23.1 Å². The normalized spacial score (nSPS) is 11.7. The molecular weight excluding hydrogens is 348 g/mol. The number of hydrogen-bond donors (Lipinski definition) is 3. The second-order valence-corrected chi connectivity index (χ2v) is 7.15. The van der Waals surface area contributed by atoms with E-state index in [0.29, 0.717) is 23.7 Å². The third-order valence-corrected chi connectivity index (χ3v) is 4.65. The van der Waals surface area contributed by atoms with Crippen molar-refractivity contribution in [3.63, 3.8) is 0 Å². The lowest BCUT2D eigenvalue weighted by molar-refractivity contribution is -0.137. The summed E-state index contributed by atoms with van der Waals surface area (Å²) in [5.41, 5.74) is 1.05. The number of carboxylic acids is 1. The lowest BCUT2D eigenvalue weighted by Gasteiger charge is -2.18. The monoisotopic (exact) mass is 366 g/mol. The van der Waals surface area contributed by atoms with Crippen LogP contribution in [0.15, 0.2) is 42.5 Å². The predicted molar refractivity (Wildman–Crippen MR) is 95.5 cm³/mol. The highest BCUT2D eigenvalue weighted by Crippen LogP contribution is 2.20. The summed E-state index contributed by atoms with van der Waals surface area (Å²) < 4.78 is 0.677. The summed E-state index contributed by atoms with van der Waals surface area (Å²) in [6.45, 7) is 0.389. The van der Waals surface area contributed by atoms with Gasteiger partial charge in [-0.3, -0.25) is 4.79 Å². The van der Waals surface area contributed by atoms with Crippen molar-refractivity contribution < 1.29 is 14.7 Å². The van der Waals surface area contributed by atoms with Crippen LogP contribution in [0.1, 0.15) is 23.3 Å². The highest BCUT2D eigenvalue weighted by Gasteiger charge is 2.15. The van der Waals surface area contributed by atoms with Crippen LogP contribution < -0.4 is 10.6 Å². The average Bonchev–Trinajstić information content (AvgIpc) is 2.97. The van der Waals surface area contributed by atoms with Gasteiger partial charge in [-0.15, -0.1) is 11.3 Å². The number of amides is 2. The van der Waals surface area contributed by atoms with Crippen molar-refractivity contribution >= 4 is 34.9 Å². The van der Waals surface area contributed by atoms with E-state index in [2.05, 4.69) is 10.6 Å². The van der Waals surface area contributed by atoms with Crippen molar-refractivity contribution in [2.75, 3.05) is 0 Å². The summed E-state index contributed by atoms with van der Waals surface area (Å²) in [7, 11) is 0. The highest BCUT2D eigenvalue weighted by molar-refractivity contribution is 7.16. The molecule has 1 aromatic carbocycles. The molecule has 0 aliphatic rings. The van der Waals surface area contributed by atoms with Crippen molar-refractivity contribution in [3.05, 3.63) is 57.2 Å². The maximum absolute atomic E-state index is 12.1. The lowest BCUT2D eigenvalue weighted by atomic mass is 10.0. The second-order valence-electron chi connectivity index (χ2n) is 5.35. The number of carboxylic acid groups (broad SMARTS) is 1. The molecule has 0 bridgehead atoms. The van der Waals surface area contributed by atoms with Gasteiger partial charge >= 0.3 is 12.0 Å². The molecule has 0 radical (unpaired) electrons. The van der Waals surface area contributed by atoms with Gasteiger partial charge < -0.3 is 15.7 Å². The van der Waals surface area contributed by atoms with Crippen molar-refractivity contribution in [1.29, 1.82) is 0 Å². The number of rotatable bonds is 8. The maximum atomic E-state index is 12.1. The fourth-order valence-corrected chi connectivity index (χ4v) is 3.30.